The third-order valence-corrected chi connectivity index (χ3v) is 9.61. The SMILES string of the molecule is CNC1SC(CCCCC(=O)NCC(=O)Nc2ccc3c(c2)CC(Nc2ncnc4ccc(C#N)cc24)C3)CC1NC=O.[Ag+].[SH-]. The van der Waals surface area contributed by atoms with Gasteiger partial charge in [0.2, 0.25) is 18.2 Å². The number of likely N-dealkylation sites (N-methyl/N-ethyl adjacent to an activating group) is 1. The van der Waals surface area contributed by atoms with Crippen LogP contribution in [0, 0.1) is 11.3 Å². The van der Waals surface area contributed by atoms with E-state index in [2.05, 4.69) is 42.6 Å². The topological polar surface area (TPSA) is 161 Å². The number of thiol groups is 1. The molecule has 45 heavy (non-hydrogen) atoms. The monoisotopic (exact) mass is 740 g/mol. The molecule has 11 nitrogen and oxygen atoms in total. The van der Waals surface area contributed by atoms with E-state index in [4.69, 9.17) is 0 Å². The van der Waals surface area contributed by atoms with Gasteiger partial charge in [-0.2, -0.15) is 5.26 Å². The van der Waals surface area contributed by atoms with Gasteiger partial charge in [0.05, 0.1) is 35.1 Å². The number of hydrogen-bond acceptors (Lipinski definition) is 10. The van der Waals surface area contributed by atoms with Gasteiger partial charge in [0.15, 0.2) is 0 Å². The summed E-state index contributed by atoms with van der Waals surface area (Å²) in [4.78, 5) is 44.4. The normalized spacial score (nSPS) is 19.7. The second-order valence-corrected chi connectivity index (χ2v) is 12.4. The number of nitrogens with one attached hydrogen (secondary N) is 5. The van der Waals surface area contributed by atoms with Crippen LogP contribution in [0.3, 0.4) is 0 Å². The van der Waals surface area contributed by atoms with Gasteiger partial charge in [-0.15, -0.1) is 11.8 Å². The second kappa shape index (κ2) is 17.5. The van der Waals surface area contributed by atoms with E-state index >= 15 is 0 Å². The first-order valence-corrected chi connectivity index (χ1v) is 15.5. The number of nitrogens with zero attached hydrogens (tertiary/aromatic N) is 3. The van der Waals surface area contributed by atoms with Crippen molar-refractivity contribution in [3.8, 4) is 6.07 Å². The average Bonchev–Trinajstić information content (AvgIpc) is 3.61. The predicted molar refractivity (Wildman–Crippen MR) is 176 cm³/mol. The van der Waals surface area contributed by atoms with Crippen molar-refractivity contribution in [3.63, 3.8) is 0 Å². The number of thioether (sulfide) groups is 1. The number of hydrogen-bond donors (Lipinski definition) is 5. The first-order valence-electron chi connectivity index (χ1n) is 14.6. The van der Waals surface area contributed by atoms with Crippen molar-refractivity contribution in [3.05, 3.63) is 59.4 Å². The molecule has 1 saturated heterocycles. The van der Waals surface area contributed by atoms with E-state index in [1.807, 2.05) is 43.1 Å². The van der Waals surface area contributed by atoms with Crippen LogP contribution in [-0.4, -0.2) is 64.5 Å². The van der Waals surface area contributed by atoms with Crippen molar-refractivity contribution in [2.24, 2.45) is 0 Å². The number of carbonyl (C=O) groups is 3. The first kappa shape index (κ1) is 36.3. The molecule has 1 aliphatic heterocycles. The van der Waals surface area contributed by atoms with E-state index in [1.165, 1.54) is 11.9 Å². The van der Waals surface area contributed by atoms with Crippen molar-refractivity contribution in [1.29, 1.82) is 5.26 Å². The molecule has 242 valence electrons. The van der Waals surface area contributed by atoms with Gasteiger partial charge < -0.3 is 40.1 Å². The maximum atomic E-state index is 12.5. The van der Waals surface area contributed by atoms with Crippen molar-refractivity contribution in [1.82, 2.24) is 25.9 Å². The number of aromatic nitrogens is 2. The van der Waals surface area contributed by atoms with Gasteiger partial charge in [-0.1, -0.05) is 12.5 Å². The fraction of sp³-hybridized carbons (Fsp3) is 0.419. The summed E-state index contributed by atoms with van der Waals surface area (Å²) in [6, 6.07) is 13.7. The third-order valence-electron chi connectivity index (χ3n) is 7.94. The number of anilines is 2. The zero-order valence-electron chi connectivity index (χ0n) is 24.8. The molecule has 3 amide bonds. The number of unbranched alkanes of at least 4 members (excludes halogenated alkanes) is 1. The van der Waals surface area contributed by atoms with Crippen LogP contribution in [-0.2, 0) is 63.1 Å². The van der Waals surface area contributed by atoms with Crippen LogP contribution >= 0.6 is 11.8 Å². The predicted octanol–water partition coefficient (Wildman–Crippen LogP) is 2.59. The summed E-state index contributed by atoms with van der Waals surface area (Å²) < 4.78 is 0. The van der Waals surface area contributed by atoms with E-state index in [1.54, 1.807) is 12.1 Å². The molecule has 0 saturated carbocycles. The van der Waals surface area contributed by atoms with Crippen LogP contribution in [0.4, 0.5) is 11.5 Å². The maximum absolute atomic E-state index is 12.5. The summed E-state index contributed by atoms with van der Waals surface area (Å²) >= 11 is 1.84. The van der Waals surface area contributed by atoms with Gasteiger partial charge in [0, 0.05) is 28.8 Å². The van der Waals surface area contributed by atoms with Crippen LogP contribution in [0.15, 0.2) is 42.7 Å². The molecular weight excluding hydrogens is 704 g/mol. The van der Waals surface area contributed by atoms with Gasteiger partial charge in [-0.3, -0.25) is 14.4 Å². The van der Waals surface area contributed by atoms with Crippen molar-refractivity contribution < 1.29 is 36.8 Å². The van der Waals surface area contributed by atoms with Crippen molar-refractivity contribution >= 4 is 65.9 Å². The van der Waals surface area contributed by atoms with Crippen LogP contribution in [0.1, 0.15) is 48.8 Å². The molecule has 1 fully saturated rings. The van der Waals surface area contributed by atoms with Gasteiger partial charge in [-0.25, -0.2) is 9.97 Å². The van der Waals surface area contributed by atoms with Crippen LogP contribution in [0.25, 0.3) is 10.9 Å². The summed E-state index contributed by atoms with van der Waals surface area (Å²) in [5, 5.41) is 26.0. The Morgan fingerprint density at radius 1 is 1.09 bits per heavy atom. The molecule has 5 N–H and O–H groups in total. The van der Waals surface area contributed by atoms with Gasteiger partial charge in [0.25, 0.3) is 0 Å². The number of benzene rings is 2. The van der Waals surface area contributed by atoms with E-state index in [0.717, 1.165) is 61.4 Å². The van der Waals surface area contributed by atoms with Crippen molar-refractivity contribution in [2.45, 2.75) is 67.7 Å². The molecule has 4 unspecified atom stereocenters. The van der Waals surface area contributed by atoms with E-state index in [0.29, 0.717) is 28.7 Å². The van der Waals surface area contributed by atoms with Gasteiger partial charge in [-0.05, 0) is 80.6 Å². The summed E-state index contributed by atoms with van der Waals surface area (Å²) in [6.07, 6.45) is 7.81. The van der Waals surface area contributed by atoms with E-state index in [-0.39, 0.29) is 71.7 Å². The number of fused-ring (bicyclic) bond motifs is 2. The Hall–Kier alpha value is -3.12. The third kappa shape index (κ3) is 9.68. The molecule has 0 radical (unpaired) electrons. The molecule has 3 aromatic rings. The zero-order valence-corrected chi connectivity index (χ0v) is 28.0. The van der Waals surface area contributed by atoms with Crippen molar-refractivity contribution in [2.75, 3.05) is 24.2 Å². The minimum absolute atomic E-state index is 0. The summed E-state index contributed by atoms with van der Waals surface area (Å²) in [5.41, 5.74) is 4.37. The quantitative estimate of drug-likeness (QED) is 0.0580. The Labute approximate surface area is 289 Å². The van der Waals surface area contributed by atoms with Gasteiger partial charge >= 0.3 is 22.4 Å². The Morgan fingerprint density at radius 3 is 2.69 bits per heavy atom. The van der Waals surface area contributed by atoms with E-state index in [9.17, 15) is 19.6 Å². The summed E-state index contributed by atoms with van der Waals surface area (Å²) in [5.74, 6) is 0.297. The number of rotatable bonds is 13. The summed E-state index contributed by atoms with van der Waals surface area (Å²) in [6.45, 7) is -0.0764. The van der Waals surface area contributed by atoms with Crippen LogP contribution in [0.5, 0.6) is 0 Å². The molecule has 5 rings (SSSR count). The molecule has 2 aliphatic rings. The largest absolute Gasteiger partial charge is 1.00 e. The molecular formula is C31H37AgN8O3S2. The van der Waals surface area contributed by atoms with E-state index < -0.39 is 0 Å². The molecule has 14 heteroatoms. The second-order valence-electron chi connectivity index (χ2n) is 11.0. The number of carbonyl (C=O) groups excluding carboxylic acids is 3. The Balaban J connectivity index is 0.00000276. The minimum atomic E-state index is -0.268. The molecule has 0 bridgehead atoms. The summed E-state index contributed by atoms with van der Waals surface area (Å²) in [7, 11) is 1.90. The van der Waals surface area contributed by atoms with Crippen LogP contribution in [0.2, 0.25) is 0 Å². The average molecular weight is 742 g/mol. The Bertz CT molecular complexity index is 1540. The van der Waals surface area contributed by atoms with Crippen LogP contribution < -0.4 is 26.6 Å². The first-order chi connectivity index (χ1) is 20.9. The molecule has 0 spiro atoms. The smallest absolute Gasteiger partial charge is 0.813 e. The fourth-order valence-corrected chi connectivity index (χ4v) is 7.38. The number of nitriles is 1. The maximum Gasteiger partial charge on any atom is 1.00 e. The number of amides is 3. The van der Waals surface area contributed by atoms with Gasteiger partial charge in [0.1, 0.15) is 12.1 Å². The Morgan fingerprint density at radius 2 is 1.91 bits per heavy atom. The minimum Gasteiger partial charge on any atom is -0.813 e. The molecule has 1 aromatic heterocycles. The molecule has 1 aliphatic carbocycles. The molecule has 2 aromatic carbocycles. The standard InChI is InChI=1S/C31H36N8O3S.Ag.H2S/c1-33-31-27(37-18-40)14-24(43-31)4-2-3-5-28(41)34-16-29(42)38-22-8-7-20-11-23(13-21(20)12-22)39-30-25-10-19(15-32)6-9-26(25)35-17-36-30;;/h6-10,12,17-18,23-24,27,31,33H,2-5,11,13-14,16H2,1H3,(H,34,41)(H,37,40)(H,38,42)(H,35,36,39);;1H2/q;+1;/p-1. The Kier molecular flexibility index (Phi) is 14.2. The molecule has 4 atom stereocenters. The molecule has 2 heterocycles. The fourth-order valence-electron chi connectivity index (χ4n) is 5.83. The zero-order chi connectivity index (χ0) is 30.2.